The fourth-order valence-electron chi connectivity index (χ4n) is 1.76. The summed E-state index contributed by atoms with van der Waals surface area (Å²) in [5.74, 6) is 0. The molecule has 2 rings (SSSR count). The summed E-state index contributed by atoms with van der Waals surface area (Å²) in [4.78, 5) is 0. The molecule has 0 radical (unpaired) electrons. The van der Waals surface area contributed by atoms with Crippen LogP contribution < -0.4 is 5.73 Å². The molecule has 3 heteroatoms. The number of aryl methyl sites for hydroxylation is 2. The highest BCUT2D eigenvalue weighted by molar-refractivity contribution is 9.10. The first-order chi connectivity index (χ1) is 6.63. The van der Waals surface area contributed by atoms with E-state index in [9.17, 15) is 0 Å². The van der Waals surface area contributed by atoms with Gasteiger partial charge in [0.15, 0.2) is 0 Å². The molecule has 2 aromatic rings. The molecule has 1 aromatic heterocycles. The maximum atomic E-state index is 5.63. The molecule has 0 unspecified atom stereocenters. The standard InChI is InChI=1S/C11H13BrN2/c1-7-3-9-4-8(6-13)5-10(12)11(9)14(7)2/h3-5H,6,13H2,1-2H3. The van der Waals surface area contributed by atoms with Gasteiger partial charge in [0.25, 0.3) is 0 Å². The third-order valence-corrected chi connectivity index (χ3v) is 3.22. The molecule has 14 heavy (non-hydrogen) atoms. The molecule has 0 bridgehead atoms. The van der Waals surface area contributed by atoms with E-state index in [1.807, 2.05) is 0 Å². The lowest BCUT2D eigenvalue weighted by Gasteiger charge is -2.03. The van der Waals surface area contributed by atoms with Crippen LogP contribution in [0.25, 0.3) is 10.9 Å². The second-order valence-electron chi connectivity index (χ2n) is 3.56. The molecule has 0 amide bonds. The number of rotatable bonds is 1. The van der Waals surface area contributed by atoms with E-state index in [1.165, 1.54) is 16.6 Å². The summed E-state index contributed by atoms with van der Waals surface area (Å²) in [5.41, 5.74) is 9.28. The predicted octanol–water partition coefficient (Wildman–Crippen LogP) is 2.71. The first-order valence-electron chi connectivity index (χ1n) is 4.58. The van der Waals surface area contributed by atoms with E-state index in [0.717, 1.165) is 10.0 Å². The van der Waals surface area contributed by atoms with E-state index in [2.05, 4.69) is 52.7 Å². The van der Waals surface area contributed by atoms with Crippen molar-refractivity contribution in [2.75, 3.05) is 0 Å². The van der Waals surface area contributed by atoms with E-state index in [1.54, 1.807) is 0 Å². The molecular weight excluding hydrogens is 240 g/mol. The van der Waals surface area contributed by atoms with Crippen LogP contribution in [0.3, 0.4) is 0 Å². The van der Waals surface area contributed by atoms with Crippen LogP contribution in [0.4, 0.5) is 0 Å². The Kier molecular flexibility index (Phi) is 2.37. The van der Waals surface area contributed by atoms with Crippen molar-refractivity contribution in [2.24, 2.45) is 12.8 Å². The fraction of sp³-hybridized carbons (Fsp3) is 0.273. The third-order valence-electron chi connectivity index (χ3n) is 2.62. The monoisotopic (exact) mass is 252 g/mol. The van der Waals surface area contributed by atoms with Crippen molar-refractivity contribution < 1.29 is 0 Å². The number of hydrogen-bond acceptors (Lipinski definition) is 1. The average Bonchev–Trinajstić information content (AvgIpc) is 2.43. The van der Waals surface area contributed by atoms with Gasteiger partial charge < -0.3 is 10.3 Å². The highest BCUT2D eigenvalue weighted by Gasteiger charge is 2.07. The maximum Gasteiger partial charge on any atom is 0.0624 e. The van der Waals surface area contributed by atoms with Gasteiger partial charge in [-0.2, -0.15) is 0 Å². The van der Waals surface area contributed by atoms with Crippen LogP contribution in [-0.4, -0.2) is 4.57 Å². The fourth-order valence-corrected chi connectivity index (χ4v) is 2.55. The number of benzene rings is 1. The van der Waals surface area contributed by atoms with E-state index < -0.39 is 0 Å². The van der Waals surface area contributed by atoms with Crippen LogP contribution in [0.15, 0.2) is 22.7 Å². The Morgan fingerprint density at radius 2 is 2.07 bits per heavy atom. The van der Waals surface area contributed by atoms with Gasteiger partial charge in [-0.3, -0.25) is 0 Å². The number of hydrogen-bond donors (Lipinski definition) is 1. The molecule has 0 aliphatic rings. The van der Waals surface area contributed by atoms with Gasteiger partial charge in [-0.1, -0.05) is 0 Å². The normalized spacial score (nSPS) is 11.1. The Balaban J connectivity index is 2.83. The molecule has 2 N–H and O–H groups in total. The molecule has 74 valence electrons. The lowest BCUT2D eigenvalue weighted by atomic mass is 10.1. The number of nitrogens with zero attached hydrogens (tertiary/aromatic N) is 1. The van der Waals surface area contributed by atoms with Gasteiger partial charge in [0, 0.05) is 29.1 Å². The van der Waals surface area contributed by atoms with Crippen molar-refractivity contribution in [1.82, 2.24) is 4.57 Å². The molecule has 0 saturated carbocycles. The Hall–Kier alpha value is -0.800. The summed E-state index contributed by atoms with van der Waals surface area (Å²) in [7, 11) is 2.07. The summed E-state index contributed by atoms with van der Waals surface area (Å²) in [5, 5.41) is 1.25. The Morgan fingerprint density at radius 1 is 1.36 bits per heavy atom. The van der Waals surface area contributed by atoms with Crippen molar-refractivity contribution >= 4 is 26.8 Å². The first kappa shape index (κ1) is 9.74. The SMILES string of the molecule is Cc1cc2cc(CN)cc(Br)c2n1C. The van der Waals surface area contributed by atoms with Crippen LogP contribution in [0.2, 0.25) is 0 Å². The predicted molar refractivity (Wildman–Crippen MR) is 63.2 cm³/mol. The van der Waals surface area contributed by atoms with Gasteiger partial charge in [0.2, 0.25) is 0 Å². The number of nitrogens with two attached hydrogens (primary N) is 1. The number of fused-ring (bicyclic) bond motifs is 1. The van der Waals surface area contributed by atoms with Gasteiger partial charge in [0.05, 0.1) is 5.52 Å². The third kappa shape index (κ3) is 1.37. The van der Waals surface area contributed by atoms with Crippen LogP contribution in [0.5, 0.6) is 0 Å². The molecule has 2 nitrogen and oxygen atoms in total. The highest BCUT2D eigenvalue weighted by Crippen LogP contribution is 2.27. The van der Waals surface area contributed by atoms with Gasteiger partial charge in [-0.25, -0.2) is 0 Å². The smallest absolute Gasteiger partial charge is 0.0624 e. The summed E-state index contributed by atoms with van der Waals surface area (Å²) in [6.07, 6.45) is 0. The van der Waals surface area contributed by atoms with E-state index in [-0.39, 0.29) is 0 Å². The summed E-state index contributed by atoms with van der Waals surface area (Å²) in [6.45, 7) is 2.69. The minimum atomic E-state index is 0.586. The Morgan fingerprint density at radius 3 is 2.71 bits per heavy atom. The summed E-state index contributed by atoms with van der Waals surface area (Å²) < 4.78 is 3.30. The van der Waals surface area contributed by atoms with Crippen molar-refractivity contribution in [1.29, 1.82) is 0 Å². The average molecular weight is 253 g/mol. The second-order valence-corrected chi connectivity index (χ2v) is 4.42. The van der Waals surface area contributed by atoms with Crippen molar-refractivity contribution in [3.63, 3.8) is 0 Å². The minimum absolute atomic E-state index is 0.586. The maximum absolute atomic E-state index is 5.63. The molecule has 0 atom stereocenters. The molecule has 0 saturated heterocycles. The molecule has 1 aromatic carbocycles. The van der Waals surface area contributed by atoms with Crippen molar-refractivity contribution in [3.05, 3.63) is 33.9 Å². The van der Waals surface area contributed by atoms with Gasteiger partial charge in [-0.15, -0.1) is 0 Å². The van der Waals surface area contributed by atoms with Gasteiger partial charge in [0.1, 0.15) is 0 Å². The van der Waals surface area contributed by atoms with Crippen LogP contribution >= 0.6 is 15.9 Å². The largest absolute Gasteiger partial charge is 0.347 e. The molecule has 0 aliphatic carbocycles. The van der Waals surface area contributed by atoms with E-state index in [0.29, 0.717) is 6.54 Å². The van der Waals surface area contributed by atoms with Crippen LogP contribution in [-0.2, 0) is 13.6 Å². The molecule has 0 spiro atoms. The molecule has 0 fully saturated rings. The summed E-state index contributed by atoms with van der Waals surface area (Å²) >= 11 is 3.58. The Labute approximate surface area is 91.8 Å². The zero-order valence-electron chi connectivity index (χ0n) is 8.34. The number of halogens is 1. The second kappa shape index (κ2) is 3.41. The van der Waals surface area contributed by atoms with E-state index >= 15 is 0 Å². The summed E-state index contributed by atoms with van der Waals surface area (Å²) in [6, 6.07) is 6.41. The van der Waals surface area contributed by atoms with Crippen molar-refractivity contribution in [2.45, 2.75) is 13.5 Å². The Bertz CT molecular complexity index is 485. The first-order valence-corrected chi connectivity index (χ1v) is 5.37. The zero-order valence-corrected chi connectivity index (χ0v) is 9.93. The molecule has 0 aliphatic heterocycles. The molecule has 1 heterocycles. The van der Waals surface area contributed by atoms with E-state index in [4.69, 9.17) is 5.73 Å². The van der Waals surface area contributed by atoms with Crippen molar-refractivity contribution in [3.8, 4) is 0 Å². The number of aromatic nitrogens is 1. The highest BCUT2D eigenvalue weighted by atomic mass is 79.9. The van der Waals surface area contributed by atoms with Crippen LogP contribution in [0, 0.1) is 6.92 Å². The lowest BCUT2D eigenvalue weighted by Crippen LogP contribution is -1.96. The minimum Gasteiger partial charge on any atom is -0.347 e. The molecular formula is C11H13BrN2. The topological polar surface area (TPSA) is 30.9 Å². The quantitative estimate of drug-likeness (QED) is 0.832. The lowest BCUT2D eigenvalue weighted by molar-refractivity contribution is 0.915. The van der Waals surface area contributed by atoms with Gasteiger partial charge in [-0.05, 0) is 46.6 Å². The van der Waals surface area contributed by atoms with Crippen LogP contribution in [0.1, 0.15) is 11.3 Å². The van der Waals surface area contributed by atoms with Gasteiger partial charge >= 0.3 is 0 Å². The zero-order chi connectivity index (χ0) is 10.3.